The van der Waals surface area contributed by atoms with E-state index in [1.807, 2.05) is 12.4 Å². The average Bonchev–Trinajstić information content (AvgIpc) is 2.17. The Morgan fingerprint density at radius 3 is 2.80 bits per heavy atom. The van der Waals surface area contributed by atoms with Gasteiger partial charge in [0.15, 0.2) is 0 Å². The summed E-state index contributed by atoms with van der Waals surface area (Å²) < 4.78 is 0. The van der Waals surface area contributed by atoms with Crippen LogP contribution in [0.2, 0.25) is 0 Å². The van der Waals surface area contributed by atoms with Gasteiger partial charge in [-0.25, -0.2) is 0 Å². The van der Waals surface area contributed by atoms with Crippen LogP contribution in [-0.2, 0) is 6.54 Å². The summed E-state index contributed by atoms with van der Waals surface area (Å²) in [5.74, 6) is 0. The van der Waals surface area contributed by atoms with Crippen LogP contribution in [0.15, 0.2) is 18.5 Å². The molecular formula is C12H21N3. The predicted octanol–water partition coefficient (Wildman–Crippen LogP) is 1.43. The summed E-state index contributed by atoms with van der Waals surface area (Å²) in [7, 11) is 4.20. The second-order valence-electron chi connectivity index (χ2n) is 4.20. The fraction of sp³-hybridized carbons (Fsp3) is 0.583. The Hall–Kier alpha value is -0.930. The first kappa shape index (κ1) is 12.1. The van der Waals surface area contributed by atoms with Gasteiger partial charge in [-0.2, -0.15) is 0 Å². The summed E-state index contributed by atoms with van der Waals surface area (Å²) in [6.07, 6.45) is 4.99. The Bertz CT molecular complexity index is 284. The van der Waals surface area contributed by atoms with Crippen LogP contribution < -0.4 is 5.32 Å². The first-order valence-corrected chi connectivity index (χ1v) is 5.44. The second kappa shape index (κ2) is 6.53. The third kappa shape index (κ3) is 5.50. The van der Waals surface area contributed by atoms with E-state index in [4.69, 9.17) is 0 Å². The molecule has 1 rings (SSSR count). The normalized spacial score (nSPS) is 10.9. The zero-order chi connectivity index (χ0) is 11.1. The zero-order valence-corrected chi connectivity index (χ0v) is 9.95. The van der Waals surface area contributed by atoms with Gasteiger partial charge in [0.1, 0.15) is 0 Å². The van der Waals surface area contributed by atoms with Gasteiger partial charge < -0.3 is 10.2 Å². The first-order chi connectivity index (χ1) is 7.18. The monoisotopic (exact) mass is 207 g/mol. The molecule has 0 saturated heterocycles. The molecule has 1 heterocycles. The lowest BCUT2D eigenvalue weighted by Crippen LogP contribution is -2.21. The zero-order valence-electron chi connectivity index (χ0n) is 9.95. The molecule has 0 atom stereocenters. The van der Waals surface area contributed by atoms with Crippen molar-refractivity contribution in [1.29, 1.82) is 0 Å². The van der Waals surface area contributed by atoms with E-state index in [9.17, 15) is 0 Å². The molecule has 0 aliphatic heterocycles. The smallest absolute Gasteiger partial charge is 0.0313 e. The van der Waals surface area contributed by atoms with Gasteiger partial charge in [0.05, 0.1) is 0 Å². The van der Waals surface area contributed by atoms with E-state index in [0.29, 0.717) is 0 Å². The van der Waals surface area contributed by atoms with Crippen LogP contribution in [0.5, 0.6) is 0 Å². The highest BCUT2D eigenvalue weighted by Gasteiger charge is 1.94. The van der Waals surface area contributed by atoms with Crippen LogP contribution in [0.1, 0.15) is 17.5 Å². The van der Waals surface area contributed by atoms with Gasteiger partial charge in [0, 0.05) is 18.9 Å². The summed E-state index contributed by atoms with van der Waals surface area (Å²) >= 11 is 0. The highest BCUT2D eigenvalue weighted by Crippen LogP contribution is 2.00. The van der Waals surface area contributed by atoms with E-state index in [1.165, 1.54) is 17.5 Å². The fourth-order valence-electron chi connectivity index (χ4n) is 1.47. The van der Waals surface area contributed by atoms with Gasteiger partial charge in [-0.05, 0) is 51.7 Å². The topological polar surface area (TPSA) is 28.2 Å². The number of nitrogens with one attached hydrogen (secondary N) is 1. The van der Waals surface area contributed by atoms with Crippen molar-refractivity contribution in [2.24, 2.45) is 0 Å². The molecule has 0 amide bonds. The maximum absolute atomic E-state index is 4.16. The molecule has 3 nitrogen and oxygen atoms in total. The molecule has 3 heteroatoms. The molecule has 1 N–H and O–H groups in total. The Morgan fingerprint density at radius 1 is 1.33 bits per heavy atom. The lowest BCUT2D eigenvalue weighted by molar-refractivity contribution is 0.394. The second-order valence-corrected chi connectivity index (χ2v) is 4.20. The Balaban J connectivity index is 2.15. The Kier molecular flexibility index (Phi) is 5.29. The quantitative estimate of drug-likeness (QED) is 0.715. The number of aromatic nitrogens is 1. The summed E-state index contributed by atoms with van der Waals surface area (Å²) in [4.78, 5) is 6.37. The van der Waals surface area contributed by atoms with E-state index >= 15 is 0 Å². The minimum absolute atomic E-state index is 0.919. The molecular weight excluding hydrogens is 186 g/mol. The van der Waals surface area contributed by atoms with Gasteiger partial charge in [0.2, 0.25) is 0 Å². The van der Waals surface area contributed by atoms with Crippen molar-refractivity contribution in [3.05, 3.63) is 29.6 Å². The number of aryl methyl sites for hydroxylation is 1. The maximum atomic E-state index is 4.16. The van der Waals surface area contributed by atoms with E-state index in [-0.39, 0.29) is 0 Å². The van der Waals surface area contributed by atoms with Crippen LogP contribution in [-0.4, -0.2) is 37.1 Å². The molecule has 15 heavy (non-hydrogen) atoms. The minimum Gasteiger partial charge on any atom is -0.313 e. The highest BCUT2D eigenvalue weighted by atomic mass is 15.0. The van der Waals surface area contributed by atoms with Crippen LogP contribution in [0.25, 0.3) is 0 Å². The predicted molar refractivity (Wildman–Crippen MR) is 63.9 cm³/mol. The van der Waals surface area contributed by atoms with Gasteiger partial charge >= 0.3 is 0 Å². The third-order valence-electron chi connectivity index (χ3n) is 2.22. The average molecular weight is 207 g/mol. The number of rotatable bonds is 6. The summed E-state index contributed by atoms with van der Waals surface area (Å²) in [5.41, 5.74) is 2.49. The van der Waals surface area contributed by atoms with Crippen LogP contribution in [0.4, 0.5) is 0 Å². The number of nitrogens with zero attached hydrogens (tertiary/aromatic N) is 2. The van der Waals surface area contributed by atoms with Crippen molar-refractivity contribution in [3.8, 4) is 0 Å². The molecule has 0 spiro atoms. The van der Waals surface area contributed by atoms with Crippen LogP contribution >= 0.6 is 0 Å². The lowest BCUT2D eigenvalue weighted by Gasteiger charge is -2.09. The summed E-state index contributed by atoms with van der Waals surface area (Å²) in [6.45, 7) is 5.19. The van der Waals surface area contributed by atoms with E-state index in [2.05, 4.69) is 42.3 Å². The SMILES string of the molecule is Cc1cncc(CNCCCN(C)C)c1. The molecule has 0 unspecified atom stereocenters. The van der Waals surface area contributed by atoms with E-state index < -0.39 is 0 Å². The summed E-state index contributed by atoms with van der Waals surface area (Å²) in [5, 5.41) is 3.42. The van der Waals surface area contributed by atoms with Crippen molar-refractivity contribution in [2.75, 3.05) is 27.2 Å². The van der Waals surface area contributed by atoms with Gasteiger partial charge in [0.25, 0.3) is 0 Å². The fourth-order valence-corrected chi connectivity index (χ4v) is 1.47. The van der Waals surface area contributed by atoms with Gasteiger partial charge in [-0.1, -0.05) is 6.07 Å². The van der Waals surface area contributed by atoms with Crippen LogP contribution in [0, 0.1) is 6.92 Å². The standard InChI is InChI=1S/C12H21N3/c1-11-7-12(10-14-8-11)9-13-5-4-6-15(2)3/h7-8,10,13H,4-6,9H2,1-3H3. The highest BCUT2D eigenvalue weighted by molar-refractivity contribution is 5.16. The molecule has 0 aromatic carbocycles. The number of hydrogen-bond acceptors (Lipinski definition) is 3. The lowest BCUT2D eigenvalue weighted by atomic mass is 10.2. The van der Waals surface area contributed by atoms with Crippen molar-refractivity contribution >= 4 is 0 Å². The molecule has 1 aromatic rings. The van der Waals surface area contributed by atoms with Crippen molar-refractivity contribution in [1.82, 2.24) is 15.2 Å². The van der Waals surface area contributed by atoms with Crippen LogP contribution in [0.3, 0.4) is 0 Å². The molecule has 0 bridgehead atoms. The van der Waals surface area contributed by atoms with E-state index in [0.717, 1.165) is 19.6 Å². The first-order valence-electron chi connectivity index (χ1n) is 5.44. The molecule has 0 fully saturated rings. The molecule has 0 aliphatic rings. The Labute approximate surface area is 92.5 Å². The molecule has 84 valence electrons. The largest absolute Gasteiger partial charge is 0.313 e. The molecule has 1 aromatic heterocycles. The van der Waals surface area contributed by atoms with Crippen molar-refractivity contribution in [3.63, 3.8) is 0 Å². The van der Waals surface area contributed by atoms with Crippen molar-refractivity contribution in [2.45, 2.75) is 19.9 Å². The van der Waals surface area contributed by atoms with Crippen molar-refractivity contribution < 1.29 is 0 Å². The molecule has 0 saturated carbocycles. The number of pyridine rings is 1. The Morgan fingerprint density at radius 2 is 2.13 bits per heavy atom. The molecule has 0 aliphatic carbocycles. The van der Waals surface area contributed by atoms with Gasteiger partial charge in [-0.15, -0.1) is 0 Å². The third-order valence-corrected chi connectivity index (χ3v) is 2.22. The maximum Gasteiger partial charge on any atom is 0.0313 e. The number of hydrogen-bond donors (Lipinski definition) is 1. The molecule has 0 radical (unpaired) electrons. The minimum atomic E-state index is 0.919. The van der Waals surface area contributed by atoms with Gasteiger partial charge in [-0.3, -0.25) is 4.98 Å². The summed E-state index contributed by atoms with van der Waals surface area (Å²) in [6, 6.07) is 2.17. The van der Waals surface area contributed by atoms with E-state index in [1.54, 1.807) is 0 Å².